The van der Waals surface area contributed by atoms with Crippen LogP contribution in [0.1, 0.15) is 26.3 Å². The van der Waals surface area contributed by atoms with E-state index in [9.17, 15) is 14.4 Å². The molecule has 0 atom stereocenters. The predicted molar refractivity (Wildman–Crippen MR) is 85.2 cm³/mol. The lowest BCUT2D eigenvalue weighted by Gasteiger charge is -2.13. The third kappa shape index (κ3) is 2.05. The molecular weight excluding hydrogens is 292 g/mol. The van der Waals surface area contributed by atoms with Crippen LogP contribution in [0.5, 0.6) is 0 Å². The Labute approximate surface area is 131 Å². The van der Waals surface area contributed by atoms with Crippen LogP contribution < -0.4 is 5.56 Å². The minimum absolute atomic E-state index is 0.0352. The summed E-state index contributed by atoms with van der Waals surface area (Å²) in [5, 5.41) is 0.860. The summed E-state index contributed by atoms with van der Waals surface area (Å²) >= 11 is 0. The molecule has 1 aliphatic rings. The normalized spacial score (nSPS) is 13.7. The molecule has 23 heavy (non-hydrogen) atoms. The van der Waals surface area contributed by atoms with Gasteiger partial charge in [0.15, 0.2) is 0 Å². The van der Waals surface area contributed by atoms with Gasteiger partial charge < -0.3 is 4.98 Å². The van der Waals surface area contributed by atoms with Crippen molar-refractivity contribution in [3.63, 3.8) is 0 Å². The van der Waals surface area contributed by atoms with Crippen molar-refractivity contribution >= 4 is 22.7 Å². The van der Waals surface area contributed by atoms with E-state index < -0.39 is 0 Å². The number of carbonyl (C=O) groups is 2. The van der Waals surface area contributed by atoms with Crippen LogP contribution in [0.2, 0.25) is 0 Å². The summed E-state index contributed by atoms with van der Waals surface area (Å²) in [4.78, 5) is 40.9. The maximum atomic E-state index is 12.4. The summed E-state index contributed by atoms with van der Waals surface area (Å²) < 4.78 is 0. The van der Waals surface area contributed by atoms with Crippen LogP contribution in [0.3, 0.4) is 0 Å². The minimum Gasteiger partial charge on any atom is -0.322 e. The maximum absolute atomic E-state index is 12.4. The van der Waals surface area contributed by atoms with Gasteiger partial charge in [-0.15, -0.1) is 0 Å². The van der Waals surface area contributed by atoms with E-state index in [1.165, 1.54) is 0 Å². The zero-order valence-electron chi connectivity index (χ0n) is 12.1. The molecule has 2 amide bonds. The second-order valence-electron chi connectivity index (χ2n) is 5.45. The van der Waals surface area contributed by atoms with E-state index in [2.05, 4.69) is 4.98 Å². The van der Waals surface area contributed by atoms with Crippen LogP contribution in [0.15, 0.2) is 59.4 Å². The number of fused-ring (bicyclic) bond motifs is 2. The van der Waals surface area contributed by atoms with Gasteiger partial charge in [0, 0.05) is 11.1 Å². The van der Waals surface area contributed by atoms with Crippen LogP contribution in [0.4, 0.5) is 0 Å². The molecule has 2 aromatic carbocycles. The molecule has 0 bridgehead atoms. The zero-order chi connectivity index (χ0) is 16.0. The molecule has 112 valence electrons. The van der Waals surface area contributed by atoms with Crippen molar-refractivity contribution in [3.05, 3.63) is 81.6 Å². The molecule has 2 heterocycles. The number of aromatic amines is 1. The number of hydrogen-bond acceptors (Lipinski definition) is 3. The van der Waals surface area contributed by atoms with Gasteiger partial charge in [-0.25, -0.2) is 0 Å². The minimum atomic E-state index is -0.363. The number of benzene rings is 2. The molecule has 1 aromatic heterocycles. The van der Waals surface area contributed by atoms with Gasteiger partial charge in [0.05, 0.1) is 17.7 Å². The quantitative estimate of drug-likeness (QED) is 0.739. The second kappa shape index (κ2) is 4.91. The number of nitrogens with zero attached hydrogens (tertiary/aromatic N) is 1. The lowest BCUT2D eigenvalue weighted by molar-refractivity contribution is 0.0642. The Bertz CT molecular complexity index is 985. The predicted octanol–water partition coefficient (Wildman–Crippen LogP) is 2.32. The van der Waals surface area contributed by atoms with Gasteiger partial charge in [0.2, 0.25) is 0 Å². The highest BCUT2D eigenvalue weighted by Crippen LogP contribution is 2.24. The number of amides is 2. The fourth-order valence-corrected chi connectivity index (χ4v) is 2.86. The highest BCUT2D eigenvalue weighted by Gasteiger charge is 2.35. The first-order valence-electron chi connectivity index (χ1n) is 7.21. The largest absolute Gasteiger partial charge is 0.322 e. The summed E-state index contributed by atoms with van der Waals surface area (Å²) in [5.41, 5.74) is 1.59. The standard InChI is InChI=1S/C18H12N2O3/c21-16-12(9-11-5-1-4-8-15(11)19-16)10-20-17(22)13-6-2-3-7-14(13)18(20)23/h1-9H,10H2,(H,19,21). The van der Waals surface area contributed by atoms with E-state index in [1.54, 1.807) is 30.3 Å². The lowest BCUT2D eigenvalue weighted by Crippen LogP contribution is -2.31. The Kier molecular flexibility index (Phi) is 2.87. The Morgan fingerprint density at radius 1 is 0.826 bits per heavy atom. The van der Waals surface area contributed by atoms with Crippen LogP contribution in [-0.4, -0.2) is 21.7 Å². The van der Waals surface area contributed by atoms with E-state index in [1.807, 2.05) is 24.3 Å². The first kappa shape index (κ1) is 13.5. The van der Waals surface area contributed by atoms with E-state index in [0.717, 1.165) is 15.8 Å². The van der Waals surface area contributed by atoms with Gasteiger partial charge in [0.1, 0.15) is 0 Å². The smallest absolute Gasteiger partial charge is 0.261 e. The number of aromatic nitrogens is 1. The number of H-pyrrole nitrogens is 1. The van der Waals surface area contributed by atoms with Crippen LogP contribution in [-0.2, 0) is 6.54 Å². The maximum Gasteiger partial charge on any atom is 0.261 e. The van der Waals surface area contributed by atoms with Crippen molar-refractivity contribution in [1.29, 1.82) is 0 Å². The highest BCUT2D eigenvalue weighted by molar-refractivity contribution is 6.21. The van der Waals surface area contributed by atoms with Gasteiger partial charge in [-0.1, -0.05) is 30.3 Å². The molecule has 0 aliphatic carbocycles. The Balaban J connectivity index is 1.75. The Hall–Kier alpha value is -3.21. The van der Waals surface area contributed by atoms with Crippen molar-refractivity contribution in [2.45, 2.75) is 6.54 Å². The number of para-hydroxylation sites is 1. The fourth-order valence-electron chi connectivity index (χ4n) is 2.86. The topological polar surface area (TPSA) is 70.2 Å². The first-order valence-corrected chi connectivity index (χ1v) is 7.21. The molecule has 0 unspecified atom stereocenters. The number of imide groups is 1. The molecule has 0 saturated carbocycles. The summed E-state index contributed by atoms with van der Waals surface area (Å²) in [6.45, 7) is -0.0352. The Morgan fingerprint density at radius 2 is 1.43 bits per heavy atom. The average Bonchev–Trinajstić information content (AvgIpc) is 2.81. The summed E-state index contributed by atoms with van der Waals surface area (Å²) in [7, 11) is 0. The van der Waals surface area contributed by atoms with Crippen molar-refractivity contribution in [2.75, 3.05) is 0 Å². The van der Waals surface area contributed by atoms with Gasteiger partial charge in [-0.2, -0.15) is 0 Å². The molecular formula is C18H12N2O3. The third-order valence-electron chi connectivity index (χ3n) is 4.04. The van der Waals surface area contributed by atoms with Crippen molar-refractivity contribution < 1.29 is 9.59 Å². The fraction of sp³-hybridized carbons (Fsp3) is 0.0556. The van der Waals surface area contributed by atoms with Crippen molar-refractivity contribution in [3.8, 4) is 0 Å². The highest BCUT2D eigenvalue weighted by atomic mass is 16.2. The molecule has 5 heteroatoms. The van der Waals surface area contributed by atoms with Crippen LogP contribution in [0.25, 0.3) is 10.9 Å². The van der Waals surface area contributed by atoms with Gasteiger partial charge in [-0.05, 0) is 29.7 Å². The molecule has 5 nitrogen and oxygen atoms in total. The first-order chi connectivity index (χ1) is 11.1. The summed E-state index contributed by atoms with van der Waals surface area (Å²) in [6, 6.07) is 15.8. The number of nitrogens with one attached hydrogen (secondary N) is 1. The summed E-state index contributed by atoms with van der Waals surface area (Å²) in [6.07, 6.45) is 0. The van der Waals surface area contributed by atoms with Gasteiger partial charge >= 0.3 is 0 Å². The van der Waals surface area contributed by atoms with E-state index >= 15 is 0 Å². The number of carbonyl (C=O) groups excluding carboxylic acids is 2. The van der Waals surface area contributed by atoms with Crippen molar-refractivity contribution in [2.24, 2.45) is 0 Å². The zero-order valence-corrected chi connectivity index (χ0v) is 12.1. The van der Waals surface area contributed by atoms with E-state index in [4.69, 9.17) is 0 Å². The Morgan fingerprint density at radius 3 is 2.13 bits per heavy atom. The monoisotopic (exact) mass is 304 g/mol. The molecule has 0 spiro atoms. The average molecular weight is 304 g/mol. The molecule has 0 saturated heterocycles. The summed E-state index contributed by atoms with van der Waals surface area (Å²) in [5.74, 6) is -0.726. The van der Waals surface area contributed by atoms with Gasteiger partial charge in [0.25, 0.3) is 17.4 Å². The molecule has 0 fully saturated rings. The molecule has 1 N–H and O–H groups in total. The lowest BCUT2D eigenvalue weighted by atomic mass is 10.1. The molecule has 0 radical (unpaired) electrons. The molecule has 4 rings (SSSR count). The van der Waals surface area contributed by atoms with Gasteiger partial charge in [-0.3, -0.25) is 19.3 Å². The van der Waals surface area contributed by atoms with Crippen LogP contribution >= 0.6 is 0 Å². The SMILES string of the molecule is O=C1c2ccccc2C(=O)N1Cc1cc2ccccc2[nH]c1=O. The number of hydrogen-bond donors (Lipinski definition) is 1. The molecule has 1 aliphatic heterocycles. The van der Waals surface area contributed by atoms with Crippen LogP contribution in [0, 0.1) is 0 Å². The van der Waals surface area contributed by atoms with E-state index in [-0.39, 0.29) is 23.9 Å². The van der Waals surface area contributed by atoms with Crippen molar-refractivity contribution in [1.82, 2.24) is 9.88 Å². The molecule has 3 aromatic rings. The van der Waals surface area contributed by atoms with E-state index in [0.29, 0.717) is 16.7 Å². The third-order valence-corrected chi connectivity index (χ3v) is 4.04. The second-order valence-corrected chi connectivity index (χ2v) is 5.45. The number of rotatable bonds is 2. The number of pyridine rings is 1.